The second-order valence-corrected chi connectivity index (χ2v) is 5.97. The molecule has 0 fully saturated rings. The summed E-state index contributed by atoms with van der Waals surface area (Å²) in [5, 5.41) is 0. The lowest BCUT2D eigenvalue weighted by Crippen LogP contribution is -2.09. The van der Waals surface area contributed by atoms with Gasteiger partial charge in [-0.25, -0.2) is 0 Å². The van der Waals surface area contributed by atoms with E-state index in [4.69, 9.17) is 14.2 Å². The summed E-state index contributed by atoms with van der Waals surface area (Å²) in [6.07, 6.45) is 10.7. The molecule has 0 aromatic heterocycles. The molecular weight excluding hydrogens is 288 g/mol. The summed E-state index contributed by atoms with van der Waals surface area (Å²) in [6.45, 7) is 4.70. The molecule has 0 radical (unpaired) electrons. The molecule has 0 aliphatic carbocycles. The van der Waals surface area contributed by atoms with Crippen molar-refractivity contribution in [1.29, 1.82) is 0 Å². The zero-order valence-electron chi connectivity index (χ0n) is 15.0. The number of rotatable bonds is 15. The van der Waals surface area contributed by atoms with Gasteiger partial charge in [0.15, 0.2) is 0 Å². The molecule has 0 bridgehead atoms. The fourth-order valence-corrected chi connectivity index (χ4v) is 2.50. The molecule has 23 heavy (non-hydrogen) atoms. The van der Waals surface area contributed by atoms with Crippen LogP contribution in [0, 0.1) is 0 Å². The second-order valence-electron chi connectivity index (χ2n) is 5.97. The highest BCUT2D eigenvalue weighted by Crippen LogP contribution is 2.15. The summed E-state index contributed by atoms with van der Waals surface area (Å²) in [7, 11) is 1.67. The van der Waals surface area contributed by atoms with Gasteiger partial charge in [0.1, 0.15) is 12.4 Å². The lowest BCUT2D eigenvalue weighted by atomic mass is 10.0. The highest BCUT2D eigenvalue weighted by atomic mass is 16.5. The van der Waals surface area contributed by atoms with E-state index in [0.29, 0.717) is 26.4 Å². The summed E-state index contributed by atoms with van der Waals surface area (Å²) in [6, 6.07) is 8.48. The Morgan fingerprint density at radius 1 is 0.739 bits per heavy atom. The van der Waals surface area contributed by atoms with Crippen LogP contribution in [0.3, 0.4) is 0 Å². The second kappa shape index (κ2) is 14.5. The Kier molecular flexibility index (Phi) is 12.6. The fourth-order valence-electron chi connectivity index (χ4n) is 2.50. The maximum absolute atomic E-state index is 5.66. The highest BCUT2D eigenvalue weighted by molar-refractivity contribution is 5.27. The van der Waals surface area contributed by atoms with Gasteiger partial charge < -0.3 is 14.2 Å². The molecule has 1 rings (SSSR count). The normalized spacial score (nSPS) is 10.9. The first-order valence-electron chi connectivity index (χ1n) is 9.15. The summed E-state index contributed by atoms with van der Waals surface area (Å²) in [5.41, 5.74) is 1.40. The van der Waals surface area contributed by atoms with Gasteiger partial charge in [0.05, 0.1) is 19.8 Å². The molecule has 0 aliphatic rings. The number of ether oxygens (including phenoxy) is 3. The Bertz CT molecular complexity index is 362. The fraction of sp³-hybridized carbons (Fsp3) is 0.700. The molecule has 0 N–H and O–H groups in total. The number of benzene rings is 1. The van der Waals surface area contributed by atoms with Gasteiger partial charge in [-0.05, 0) is 30.5 Å². The van der Waals surface area contributed by atoms with Crippen LogP contribution in [0.15, 0.2) is 24.3 Å². The summed E-state index contributed by atoms with van der Waals surface area (Å²) in [4.78, 5) is 0. The first-order valence-corrected chi connectivity index (χ1v) is 9.15. The van der Waals surface area contributed by atoms with Crippen LogP contribution in [0.1, 0.15) is 57.4 Å². The van der Waals surface area contributed by atoms with Crippen molar-refractivity contribution in [3.8, 4) is 5.75 Å². The van der Waals surface area contributed by atoms with Gasteiger partial charge in [-0.1, -0.05) is 57.6 Å². The molecule has 0 saturated carbocycles. The average molecular weight is 322 g/mol. The molecule has 132 valence electrons. The van der Waals surface area contributed by atoms with Gasteiger partial charge in [0.25, 0.3) is 0 Å². The van der Waals surface area contributed by atoms with Gasteiger partial charge in [0, 0.05) is 7.11 Å². The number of hydrogen-bond acceptors (Lipinski definition) is 3. The van der Waals surface area contributed by atoms with Crippen LogP contribution in [0.2, 0.25) is 0 Å². The van der Waals surface area contributed by atoms with E-state index in [1.165, 1.54) is 56.9 Å². The van der Waals surface area contributed by atoms with Gasteiger partial charge in [-0.2, -0.15) is 0 Å². The van der Waals surface area contributed by atoms with Crippen molar-refractivity contribution in [3.63, 3.8) is 0 Å². The molecule has 3 heteroatoms. The molecule has 0 saturated heterocycles. The number of aryl methyl sites for hydroxylation is 1. The zero-order chi connectivity index (χ0) is 16.6. The van der Waals surface area contributed by atoms with E-state index in [1.807, 2.05) is 0 Å². The minimum atomic E-state index is 0.584. The van der Waals surface area contributed by atoms with Gasteiger partial charge >= 0.3 is 0 Å². The molecule has 0 atom stereocenters. The van der Waals surface area contributed by atoms with Gasteiger partial charge in [-0.15, -0.1) is 0 Å². The van der Waals surface area contributed by atoms with Gasteiger partial charge in [0.2, 0.25) is 0 Å². The molecule has 0 unspecified atom stereocenters. The van der Waals surface area contributed by atoms with E-state index in [-0.39, 0.29) is 0 Å². The smallest absolute Gasteiger partial charge is 0.119 e. The Hall–Kier alpha value is -1.06. The Morgan fingerprint density at radius 3 is 2.09 bits per heavy atom. The van der Waals surface area contributed by atoms with Crippen LogP contribution in [-0.2, 0) is 15.9 Å². The number of methoxy groups -OCH3 is 1. The Morgan fingerprint density at radius 2 is 1.39 bits per heavy atom. The van der Waals surface area contributed by atoms with E-state index in [9.17, 15) is 0 Å². The first-order chi connectivity index (χ1) is 11.4. The Balaban J connectivity index is 2.04. The van der Waals surface area contributed by atoms with Crippen LogP contribution >= 0.6 is 0 Å². The molecule has 0 amide bonds. The van der Waals surface area contributed by atoms with E-state index >= 15 is 0 Å². The molecule has 1 aromatic carbocycles. The minimum Gasteiger partial charge on any atom is -0.491 e. The number of unbranched alkanes of at least 4 members (excludes halogenated alkanes) is 6. The monoisotopic (exact) mass is 322 g/mol. The first kappa shape index (κ1) is 20.0. The summed E-state index contributed by atoms with van der Waals surface area (Å²) >= 11 is 0. The summed E-state index contributed by atoms with van der Waals surface area (Å²) < 4.78 is 15.9. The molecule has 3 nitrogen and oxygen atoms in total. The van der Waals surface area contributed by atoms with Crippen LogP contribution < -0.4 is 4.74 Å². The van der Waals surface area contributed by atoms with E-state index in [1.54, 1.807) is 7.11 Å². The standard InChI is InChI=1S/C20H34O3/c1-3-4-5-6-7-8-9-10-19-11-13-20(14-12-19)23-18-17-22-16-15-21-2/h11-14H,3-10,15-18H2,1-2H3. The van der Waals surface area contributed by atoms with Crippen LogP contribution in [0.4, 0.5) is 0 Å². The molecule has 0 heterocycles. The van der Waals surface area contributed by atoms with Crippen molar-refractivity contribution < 1.29 is 14.2 Å². The van der Waals surface area contributed by atoms with Crippen LogP contribution in [0.5, 0.6) is 5.75 Å². The van der Waals surface area contributed by atoms with E-state index < -0.39 is 0 Å². The van der Waals surface area contributed by atoms with Crippen molar-refractivity contribution in [2.24, 2.45) is 0 Å². The molecule has 0 spiro atoms. The maximum atomic E-state index is 5.66. The topological polar surface area (TPSA) is 27.7 Å². The lowest BCUT2D eigenvalue weighted by molar-refractivity contribution is 0.0544. The van der Waals surface area contributed by atoms with Crippen LogP contribution in [0.25, 0.3) is 0 Å². The summed E-state index contributed by atoms with van der Waals surface area (Å²) in [5.74, 6) is 0.920. The third kappa shape index (κ3) is 11.2. The van der Waals surface area contributed by atoms with Crippen molar-refractivity contribution >= 4 is 0 Å². The quantitative estimate of drug-likeness (QED) is 0.424. The van der Waals surface area contributed by atoms with Crippen molar-refractivity contribution in [3.05, 3.63) is 29.8 Å². The van der Waals surface area contributed by atoms with Gasteiger partial charge in [-0.3, -0.25) is 0 Å². The van der Waals surface area contributed by atoms with Crippen LogP contribution in [-0.4, -0.2) is 33.5 Å². The maximum Gasteiger partial charge on any atom is 0.119 e. The largest absolute Gasteiger partial charge is 0.491 e. The third-order valence-electron chi connectivity index (χ3n) is 3.92. The predicted molar refractivity (Wildman–Crippen MR) is 96.3 cm³/mol. The number of hydrogen-bond donors (Lipinski definition) is 0. The molecule has 1 aromatic rings. The van der Waals surface area contributed by atoms with E-state index in [2.05, 4.69) is 31.2 Å². The third-order valence-corrected chi connectivity index (χ3v) is 3.92. The van der Waals surface area contributed by atoms with E-state index in [0.717, 1.165) is 5.75 Å². The van der Waals surface area contributed by atoms with Crippen molar-refractivity contribution in [2.75, 3.05) is 33.5 Å². The zero-order valence-corrected chi connectivity index (χ0v) is 15.0. The predicted octanol–water partition coefficient (Wildman–Crippen LogP) is 5.02. The van der Waals surface area contributed by atoms with Crippen molar-refractivity contribution in [2.45, 2.75) is 58.3 Å². The average Bonchev–Trinajstić information content (AvgIpc) is 2.58. The van der Waals surface area contributed by atoms with Crippen molar-refractivity contribution in [1.82, 2.24) is 0 Å². The molecular formula is C20H34O3. The minimum absolute atomic E-state index is 0.584. The SMILES string of the molecule is CCCCCCCCCc1ccc(OCCOCCOC)cc1. The lowest BCUT2D eigenvalue weighted by Gasteiger charge is -2.08. The highest BCUT2D eigenvalue weighted by Gasteiger charge is 1.97. The molecule has 0 aliphatic heterocycles. The Labute approximate surface area is 142 Å².